The highest BCUT2D eigenvalue weighted by Gasteiger charge is 2.15. The van der Waals surface area contributed by atoms with Gasteiger partial charge in [0.15, 0.2) is 0 Å². The summed E-state index contributed by atoms with van der Waals surface area (Å²) in [4.78, 5) is 13.9. The average Bonchev–Trinajstić information content (AvgIpc) is 2.98. The molecule has 19 heavy (non-hydrogen) atoms. The van der Waals surface area contributed by atoms with Crippen molar-refractivity contribution in [3.8, 4) is 0 Å². The van der Waals surface area contributed by atoms with Gasteiger partial charge in [0.1, 0.15) is 6.04 Å². The summed E-state index contributed by atoms with van der Waals surface area (Å²) in [6.45, 7) is 0.622. The summed E-state index contributed by atoms with van der Waals surface area (Å²) in [5.41, 5.74) is 5.87. The molecule has 100 valence electrons. The Hall–Kier alpha value is -1.30. The maximum absolute atomic E-state index is 11.8. The van der Waals surface area contributed by atoms with Gasteiger partial charge in [0.2, 0.25) is 5.91 Å². The fraction of sp³-hybridized carbons (Fsp3) is 0.214. The van der Waals surface area contributed by atoms with E-state index in [2.05, 4.69) is 17.4 Å². The second kappa shape index (κ2) is 7.33. The third-order valence-electron chi connectivity index (χ3n) is 2.55. The first-order valence-corrected chi connectivity index (χ1v) is 7.88. The van der Waals surface area contributed by atoms with Gasteiger partial charge in [-0.25, -0.2) is 0 Å². The lowest BCUT2D eigenvalue weighted by atomic mass is 10.2. The lowest BCUT2D eigenvalue weighted by Crippen LogP contribution is -2.34. The Bertz CT molecular complexity index is 499. The smallest absolute Gasteiger partial charge is 0.242 e. The van der Waals surface area contributed by atoms with Crippen LogP contribution in [0.15, 0.2) is 52.7 Å². The van der Waals surface area contributed by atoms with Gasteiger partial charge in [0.25, 0.3) is 0 Å². The molecule has 2 rings (SSSR count). The fourth-order valence-corrected chi connectivity index (χ4v) is 3.08. The van der Waals surface area contributed by atoms with Crippen LogP contribution in [-0.2, 0) is 4.79 Å². The number of hydrogen-bond donors (Lipinski definition) is 2. The van der Waals surface area contributed by atoms with E-state index in [1.807, 2.05) is 35.7 Å². The predicted molar refractivity (Wildman–Crippen MR) is 81.4 cm³/mol. The van der Waals surface area contributed by atoms with Crippen molar-refractivity contribution in [1.29, 1.82) is 0 Å². The van der Waals surface area contributed by atoms with Crippen molar-refractivity contribution < 1.29 is 4.79 Å². The molecule has 0 saturated heterocycles. The number of nitrogens with one attached hydrogen (secondary N) is 1. The number of nitrogens with two attached hydrogens (primary N) is 1. The van der Waals surface area contributed by atoms with Gasteiger partial charge in [-0.05, 0) is 23.6 Å². The Morgan fingerprint density at radius 2 is 2.05 bits per heavy atom. The SMILES string of the molecule is NC(C(=O)NCCSc1ccccc1)c1cccs1. The first kappa shape index (κ1) is 14.1. The molecule has 1 atom stereocenters. The monoisotopic (exact) mass is 292 g/mol. The quantitative estimate of drug-likeness (QED) is 0.636. The highest BCUT2D eigenvalue weighted by molar-refractivity contribution is 7.99. The van der Waals surface area contributed by atoms with Crippen LogP contribution in [0.3, 0.4) is 0 Å². The van der Waals surface area contributed by atoms with Crippen molar-refractivity contribution in [2.45, 2.75) is 10.9 Å². The van der Waals surface area contributed by atoms with Gasteiger partial charge in [0, 0.05) is 22.1 Å². The lowest BCUT2D eigenvalue weighted by Gasteiger charge is -2.10. The van der Waals surface area contributed by atoms with E-state index in [0.717, 1.165) is 10.6 Å². The summed E-state index contributed by atoms with van der Waals surface area (Å²) < 4.78 is 0. The van der Waals surface area contributed by atoms with Crippen molar-refractivity contribution >= 4 is 29.0 Å². The van der Waals surface area contributed by atoms with E-state index >= 15 is 0 Å². The predicted octanol–water partition coefficient (Wildman–Crippen LogP) is 2.66. The molecule has 1 aromatic heterocycles. The van der Waals surface area contributed by atoms with Gasteiger partial charge < -0.3 is 11.1 Å². The molecular formula is C14H16N2OS2. The number of thiophene rings is 1. The zero-order valence-electron chi connectivity index (χ0n) is 10.4. The third kappa shape index (κ3) is 4.38. The van der Waals surface area contributed by atoms with E-state index in [1.165, 1.54) is 16.2 Å². The number of rotatable bonds is 6. The Balaban J connectivity index is 1.70. The normalized spacial score (nSPS) is 12.1. The van der Waals surface area contributed by atoms with Crippen LogP contribution in [0.5, 0.6) is 0 Å². The molecule has 1 amide bonds. The molecule has 0 aliphatic rings. The van der Waals surface area contributed by atoms with E-state index in [4.69, 9.17) is 5.73 Å². The van der Waals surface area contributed by atoms with Gasteiger partial charge in [-0.1, -0.05) is 24.3 Å². The molecule has 0 radical (unpaired) electrons. The minimum Gasteiger partial charge on any atom is -0.354 e. The molecule has 2 aromatic rings. The number of benzene rings is 1. The minimum absolute atomic E-state index is 0.115. The molecule has 0 aliphatic heterocycles. The second-order valence-electron chi connectivity index (χ2n) is 3.95. The van der Waals surface area contributed by atoms with Crippen LogP contribution >= 0.6 is 23.1 Å². The van der Waals surface area contributed by atoms with Gasteiger partial charge in [-0.2, -0.15) is 0 Å². The maximum atomic E-state index is 11.8. The number of hydrogen-bond acceptors (Lipinski definition) is 4. The van der Waals surface area contributed by atoms with E-state index in [1.54, 1.807) is 11.8 Å². The molecule has 0 saturated carbocycles. The van der Waals surface area contributed by atoms with Crippen LogP contribution in [0.1, 0.15) is 10.9 Å². The summed E-state index contributed by atoms with van der Waals surface area (Å²) in [5, 5.41) is 4.79. The topological polar surface area (TPSA) is 55.1 Å². The molecule has 5 heteroatoms. The number of carbonyl (C=O) groups is 1. The number of amides is 1. The van der Waals surface area contributed by atoms with E-state index in [0.29, 0.717) is 6.54 Å². The molecule has 3 N–H and O–H groups in total. The standard InChI is InChI=1S/C14H16N2OS2/c15-13(12-7-4-9-19-12)14(17)16-8-10-18-11-5-2-1-3-6-11/h1-7,9,13H,8,10,15H2,(H,16,17). The molecule has 0 fully saturated rings. The Morgan fingerprint density at radius 1 is 1.26 bits per heavy atom. The summed E-state index contributed by atoms with van der Waals surface area (Å²) in [7, 11) is 0. The summed E-state index contributed by atoms with van der Waals surface area (Å²) in [6.07, 6.45) is 0. The van der Waals surface area contributed by atoms with Gasteiger partial charge in [-0.15, -0.1) is 23.1 Å². The van der Waals surface area contributed by atoms with Crippen LogP contribution in [0, 0.1) is 0 Å². The summed E-state index contributed by atoms with van der Waals surface area (Å²) >= 11 is 3.22. The number of carbonyl (C=O) groups excluding carboxylic acids is 1. The Morgan fingerprint density at radius 3 is 2.74 bits per heavy atom. The molecule has 1 heterocycles. The molecule has 0 aliphatic carbocycles. The zero-order valence-corrected chi connectivity index (χ0v) is 12.0. The summed E-state index contributed by atoms with van der Waals surface area (Å²) in [6, 6.07) is 13.4. The van der Waals surface area contributed by atoms with Gasteiger partial charge in [-0.3, -0.25) is 4.79 Å². The minimum atomic E-state index is -0.554. The van der Waals surface area contributed by atoms with Crippen molar-refractivity contribution in [2.24, 2.45) is 5.73 Å². The van der Waals surface area contributed by atoms with Crippen LogP contribution in [0.2, 0.25) is 0 Å². The van der Waals surface area contributed by atoms with E-state index < -0.39 is 6.04 Å². The van der Waals surface area contributed by atoms with E-state index in [-0.39, 0.29) is 5.91 Å². The van der Waals surface area contributed by atoms with E-state index in [9.17, 15) is 4.79 Å². The molecule has 3 nitrogen and oxygen atoms in total. The lowest BCUT2D eigenvalue weighted by molar-refractivity contribution is -0.122. The van der Waals surface area contributed by atoms with Crippen molar-refractivity contribution in [1.82, 2.24) is 5.32 Å². The molecule has 0 bridgehead atoms. The molecule has 0 spiro atoms. The summed E-state index contributed by atoms with van der Waals surface area (Å²) in [5.74, 6) is 0.725. The van der Waals surface area contributed by atoms with Crippen LogP contribution in [0.25, 0.3) is 0 Å². The Kier molecular flexibility index (Phi) is 5.44. The van der Waals surface area contributed by atoms with Gasteiger partial charge in [0.05, 0.1) is 0 Å². The van der Waals surface area contributed by atoms with Crippen LogP contribution in [0.4, 0.5) is 0 Å². The van der Waals surface area contributed by atoms with Crippen molar-refractivity contribution in [3.05, 3.63) is 52.7 Å². The Labute approximate surface area is 121 Å². The average molecular weight is 292 g/mol. The highest BCUT2D eigenvalue weighted by atomic mass is 32.2. The first-order chi connectivity index (χ1) is 9.27. The molecule has 1 unspecified atom stereocenters. The number of thioether (sulfide) groups is 1. The molecule has 1 aromatic carbocycles. The fourth-order valence-electron chi connectivity index (χ4n) is 1.57. The maximum Gasteiger partial charge on any atom is 0.242 e. The van der Waals surface area contributed by atoms with Gasteiger partial charge >= 0.3 is 0 Å². The highest BCUT2D eigenvalue weighted by Crippen LogP contribution is 2.17. The van der Waals surface area contributed by atoms with Crippen molar-refractivity contribution in [2.75, 3.05) is 12.3 Å². The zero-order chi connectivity index (χ0) is 13.5. The first-order valence-electron chi connectivity index (χ1n) is 6.02. The third-order valence-corrected chi connectivity index (χ3v) is 4.51. The van der Waals surface area contributed by atoms with Crippen molar-refractivity contribution in [3.63, 3.8) is 0 Å². The second-order valence-corrected chi connectivity index (χ2v) is 6.09. The molecular weight excluding hydrogens is 276 g/mol. The van der Waals surface area contributed by atoms with Crippen LogP contribution in [-0.4, -0.2) is 18.2 Å². The van der Waals surface area contributed by atoms with Crippen LogP contribution < -0.4 is 11.1 Å². The largest absolute Gasteiger partial charge is 0.354 e.